The highest BCUT2D eigenvalue weighted by Crippen LogP contribution is 2.20. The summed E-state index contributed by atoms with van der Waals surface area (Å²) in [5.74, 6) is -0.943. The fourth-order valence-corrected chi connectivity index (χ4v) is 3.06. The zero-order valence-electron chi connectivity index (χ0n) is 12.0. The number of thiophene rings is 1. The van der Waals surface area contributed by atoms with Crippen LogP contribution in [-0.2, 0) is 13.0 Å². The molecule has 0 fully saturated rings. The minimum Gasteiger partial charge on any atom is -0.478 e. The maximum Gasteiger partial charge on any atom is 0.335 e. The second-order valence-electron chi connectivity index (χ2n) is 4.79. The molecule has 0 aliphatic carbocycles. The Hall–Kier alpha value is -2.14. The molecule has 4 nitrogen and oxygen atoms in total. The van der Waals surface area contributed by atoms with Crippen molar-refractivity contribution in [2.24, 2.45) is 0 Å². The lowest BCUT2D eigenvalue weighted by molar-refractivity contribution is 0.0695. The molecule has 0 saturated carbocycles. The molecule has 2 rings (SSSR count). The molecule has 5 heteroatoms. The van der Waals surface area contributed by atoms with E-state index in [4.69, 9.17) is 5.11 Å². The van der Waals surface area contributed by atoms with Crippen LogP contribution >= 0.6 is 11.3 Å². The number of hydrogen-bond acceptors (Lipinski definition) is 3. The van der Waals surface area contributed by atoms with Gasteiger partial charge >= 0.3 is 5.97 Å². The number of rotatable bonds is 5. The van der Waals surface area contributed by atoms with Crippen molar-refractivity contribution in [1.29, 1.82) is 0 Å². The zero-order valence-corrected chi connectivity index (χ0v) is 12.8. The number of aryl methyl sites for hydroxylation is 1. The Morgan fingerprint density at radius 3 is 2.43 bits per heavy atom. The smallest absolute Gasteiger partial charge is 0.335 e. The van der Waals surface area contributed by atoms with Gasteiger partial charge in [0.05, 0.1) is 10.4 Å². The van der Waals surface area contributed by atoms with Crippen LogP contribution in [0, 0.1) is 0 Å². The molecule has 110 valence electrons. The summed E-state index contributed by atoms with van der Waals surface area (Å²) in [6, 6.07) is 8.56. The summed E-state index contributed by atoms with van der Waals surface area (Å²) in [7, 11) is 1.76. The molecule has 0 bridgehead atoms. The molecule has 1 N–H and O–H groups in total. The van der Waals surface area contributed by atoms with Crippen molar-refractivity contribution in [3.63, 3.8) is 0 Å². The van der Waals surface area contributed by atoms with Crippen LogP contribution < -0.4 is 0 Å². The third-order valence-corrected chi connectivity index (χ3v) is 4.23. The first kappa shape index (κ1) is 15.3. The van der Waals surface area contributed by atoms with Crippen molar-refractivity contribution in [3.05, 3.63) is 57.3 Å². The van der Waals surface area contributed by atoms with Crippen molar-refractivity contribution in [2.75, 3.05) is 7.05 Å². The second kappa shape index (κ2) is 6.54. The first-order valence-corrected chi connectivity index (χ1v) is 7.55. The number of nitrogens with zero attached hydrogens (tertiary/aromatic N) is 1. The topological polar surface area (TPSA) is 57.6 Å². The van der Waals surface area contributed by atoms with E-state index < -0.39 is 5.97 Å². The van der Waals surface area contributed by atoms with Gasteiger partial charge in [0.1, 0.15) is 0 Å². The molecule has 1 amide bonds. The van der Waals surface area contributed by atoms with Gasteiger partial charge in [-0.15, -0.1) is 11.3 Å². The maximum absolute atomic E-state index is 12.4. The van der Waals surface area contributed by atoms with E-state index in [0.717, 1.165) is 22.4 Å². The molecule has 1 aromatic heterocycles. The van der Waals surface area contributed by atoms with Crippen molar-refractivity contribution in [2.45, 2.75) is 19.9 Å². The van der Waals surface area contributed by atoms with Crippen molar-refractivity contribution >= 4 is 23.2 Å². The van der Waals surface area contributed by atoms with E-state index in [2.05, 4.69) is 0 Å². The zero-order chi connectivity index (χ0) is 15.4. The summed E-state index contributed by atoms with van der Waals surface area (Å²) in [5, 5.41) is 10.8. The lowest BCUT2D eigenvalue weighted by Crippen LogP contribution is -2.26. The number of aromatic carboxylic acids is 1. The van der Waals surface area contributed by atoms with Crippen molar-refractivity contribution in [3.8, 4) is 0 Å². The summed E-state index contributed by atoms with van der Waals surface area (Å²) in [6.45, 7) is 2.49. The normalized spacial score (nSPS) is 10.4. The number of benzene rings is 1. The van der Waals surface area contributed by atoms with Crippen LogP contribution in [0.15, 0.2) is 35.7 Å². The first-order chi connectivity index (χ1) is 10.0. The van der Waals surface area contributed by atoms with E-state index in [9.17, 15) is 9.59 Å². The minimum atomic E-state index is -0.947. The Morgan fingerprint density at radius 2 is 1.86 bits per heavy atom. The number of carbonyl (C=O) groups is 2. The van der Waals surface area contributed by atoms with E-state index in [1.807, 2.05) is 18.4 Å². The minimum absolute atomic E-state index is 0.00385. The molecule has 1 aromatic carbocycles. The van der Waals surface area contributed by atoms with Gasteiger partial charge in [0, 0.05) is 13.6 Å². The van der Waals surface area contributed by atoms with Gasteiger partial charge in [0.2, 0.25) is 0 Å². The van der Waals surface area contributed by atoms with Crippen molar-refractivity contribution in [1.82, 2.24) is 4.90 Å². The van der Waals surface area contributed by atoms with E-state index >= 15 is 0 Å². The molecule has 1 heterocycles. The Labute approximate surface area is 127 Å². The first-order valence-electron chi connectivity index (χ1n) is 6.67. The summed E-state index contributed by atoms with van der Waals surface area (Å²) >= 11 is 1.46. The van der Waals surface area contributed by atoms with E-state index in [-0.39, 0.29) is 11.5 Å². The van der Waals surface area contributed by atoms with Crippen LogP contribution in [0.3, 0.4) is 0 Å². The summed E-state index contributed by atoms with van der Waals surface area (Å²) in [6.07, 6.45) is 0.839. The quantitative estimate of drug-likeness (QED) is 0.922. The van der Waals surface area contributed by atoms with Crippen molar-refractivity contribution < 1.29 is 14.7 Å². The highest BCUT2D eigenvalue weighted by molar-refractivity contribution is 7.12. The van der Waals surface area contributed by atoms with Crippen LogP contribution in [0.4, 0.5) is 0 Å². The second-order valence-corrected chi connectivity index (χ2v) is 5.71. The van der Waals surface area contributed by atoms with Gasteiger partial charge in [0.25, 0.3) is 5.91 Å². The van der Waals surface area contributed by atoms with Crippen LogP contribution in [0.25, 0.3) is 0 Å². The van der Waals surface area contributed by atoms with Crippen LogP contribution in [0.1, 0.15) is 38.1 Å². The van der Waals surface area contributed by atoms with Gasteiger partial charge in [-0.25, -0.2) is 4.79 Å². The third kappa shape index (κ3) is 3.49. The van der Waals surface area contributed by atoms with Crippen LogP contribution in [0.5, 0.6) is 0 Å². The predicted octanol–water partition coefficient (Wildman–Crippen LogP) is 3.28. The number of carboxylic acids is 1. The number of hydrogen-bond donors (Lipinski definition) is 1. The van der Waals surface area contributed by atoms with Crippen LogP contribution in [-0.4, -0.2) is 28.9 Å². The Kier molecular flexibility index (Phi) is 4.75. The predicted molar refractivity (Wildman–Crippen MR) is 82.9 cm³/mol. The van der Waals surface area contributed by atoms with Gasteiger partial charge in [0.15, 0.2) is 0 Å². The summed E-state index contributed by atoms with van der Waals surface area (Å²) in [4.78, 5) is 25.6. The lowest BCUT2D eigenvalue weighted by Gasteiger charge is -2.17. The fraction of sp³-hybridized carbons (Fsp3) is 0.250. The molecule has 0 saturated heterocycles. The van der Waals surface area contributed by atoms with Gasteiger partial charge in [-0.3, -0.25) is 4.79 Å². The molecule has 0 unspecified atom stereocenters. The van der Waals surface area contributed by atoms with Crippen LogP contribution in [0.2, 0.25) is 0 Å². The maximum atomic E-state index is 12.4. The number of carbonyl (C=O) groups excluding carboxylic acids is 1. The molecule has 0 aliphatic heterocycles. The highest BCUT2D eigenvalue weighted by Gasteiger charge is 2.16. The molecule has 0 atom stereocenters. The van der Waals surface area contributed by atoms with Gasteiger partial charge in [-0.05, 0) is 41.1 Å². The Bertz CT molecular complexity index is 646. The monoisotopic (exact) mass is 303 g/mol. The number of amides is 1. The lowest BCUT2D eigenvalue weighted by atomic mass is 10.1. The Balaban J connectivity index is 2.08. The van der Waals surface area contributed by atoms with Gasteiger partial charge in [-0.2, -0.15) is 0 Å². The largest absolute Gasteiger partial charge is 0.478 e. The van der Waals surface area contributed by atoms with E-state index in [1.165, 1.54) is 11.3 Å². The molecular weight excluding hydrogens is 286 g/mol. The third-order valence-electron chi connectivity index (χ3n) is 3.29. The highest BCUT2D eigenvalue weighted by atomic mass is 32.1. The average molecular weight is 303 g/mol. The standard InChI is InChI=1S/C16H17NO3S/c1-3-12-8-9-21-14(12)15(18)17(2)10-11-4-6-13(7-5-11)16(19)20/h4-9H,3,10H2,1-2H3,(H,19,20). The summed E-state index contributed by atoms with van der Waals surface area (Å²) < 4.78 is 0. The molecule has 0 spiro atoms. The number of carboxylic acid groups (broad SMARTS) is 1. The molecule has 0 radical (unpaired) electrons. The van der Waals surface area contributed by atoms with Gasteiger partial charge < -0.3 is 10.0 Å². The molecule has 0 aliphatic rings. The molecular formula is C16H17NO3S. The van der Waals surface area contributed by atoms with Gasteiger partial charge in [-0.1, -0.05) is 19.1 Å². The summed E-state index contributed by atoms with van der Waals surface area (Å²) in [5.41, 5.74) is 2.22. The molecule has 2 aromatic rings. The fourth-order valence-electron chi connectivity index (χ4n) is 2.07. The molecule has 21 heavy (non-hydrogen) atoms. The average Bonchev–Trinajstić information content (AvgIpc) is 2.95. The Morgan fingerprint density at radius 1 is 1.19 bits per heavy atom. The SMILES string of the molecule is CCc1ccsc1C(=O)N(C)Cc1ccc(C(=O)O)cc1. The van der Waals surface area contributed by atoms with E-state index in [0.29, 0.717) is 6.54 Å². The van der Waals surface area contributed by atoms with E-state index in [1.54, 1.807) is 36.2 Å².